The van der Waals surface area contributed by atoms with Gasteiger partial charge in [-0.15, -0.1) is 0 Å². The number of hydrogen-bond donors (Lipinski definition) is 3. The van der Waals surface area contributed by atoms with Crippen molar-refractivity contribution in [3.63, 3.8) is 0 Å². The lowest BCUT2D eigenvalue weighted by atomic mass is 9.83. The van der Waals surface area contributed by atoms with Gasteiger partial charge in [0.25, 0.3) is 0 Å². The molecule has 0 aromatic carbocycles. The van der Waals surface area contributed by atoms with Crippen molar-refractivity contribution in [3.05, 3.63) is 0 Å². The molecule has 0 aromatic heterocycles. The minimum absolute atomic E-state index is 0.0583. The monoisotopic (exact) mass is 243 g/mol. The second-order valence-corrected chi connectivity index (χ2v) is 5.19. The maximum absolute atomic E-state index is 11.9. The molecule has 0 radical (unpaired) electrons. The smallest absolute Gasteiger partial charge is 0.223 e. The first-order valence-corrected chi connectivity index (χ1v) is 6.40. The Balaban J connectivity index is 2.10. The van der Waals surface area contributed by atoms with Gasteiger partial charge in [0.15, 0.2) is 0 Å². The zero-order chi connectivity index (χ0) is 12.6. The number of aliphatic hydroxyl groups is 3. The summed E-state index contributed by atoms with van der Waals surface area (Å²) in [6, 6.07) is -0.617. The maximum Gasteiger partial charge on any atom is 0.223 e. The van der Waals surface area contributed by atoms with Crippen molar-refractivity contribution in [1.29, 1.82) is 0 Å². The SMILES string of the molecule is CCCC[C@@H]1CC(=O)N2C[C@@H](O)[C@@H](O)[C@H]2[C@@H]1O. The van der Waals surface area contributed by atoms with Gasteiger partial charge < -0.3 is 20.2 Å². The number of fused-ring (bicyclic) bond motifs is 1. The number of carbonyl (C=O) groups is 1. The molecule has 2 heterocycles. The van der Waals surface area contributed by atoms with Crippen LogP contribution in [-0.2, 0) is 4.79 Å². The van der Waals surface area contributed by atoms with Crippen LogP contribution in [0.15, 0.2) is 0 Å². The van der Waals surface area contributed by atoms with Crippen molar-refractivity contribution in [2.45, 2.75) is 57.0 Å². The highest BCUT2D eigenvalue weighted by Crippen LogP contribution is 2.34. The number of aliphatic hydroxyl groups excluding tert-OH is 3. The van der Waals surface area contributed by atoms with Gasteiger partial charge in [-0.25, -0.2) is 0 Å². The quantitative estimate of drug-likeness (QED) is 0.623. The van der Waals surface area contributed by atoms with Crippen LogP contribution in [0.5, 0.6) is 0 Å². The fourth-order valence-corrected chi connectivity index (χ4v) is 2.98. The lowest BCUT2D eigenvalue weighted by Gasteiger charge is -2.39. The maximum atomic E-state index is 11.9. The second-order valence-electron chi connectivity index (χ2n) is 5.19. The second kappa shape index (κ2) is 4.92. The van der Waals surface area contributed by atoms with Crippen molar-refractivity contribution in [2.75, 3.05) is 6.54 Å². The Morgan fingerprint density at radius 3 is 2.65 bits per heavy atom. The van der Waals surface area contributed by atoms with Crippen LogP contribution in [0.4, 0.5) is 0 Å². The van der Waals surface area contributed by atoms with Gasteiger partial charge in [0.1, 0.15) is 6.10 Å². The van der Waals surface area contributed by atoms with Gasteiger partial charge in [-0.2, -0.15) is 0 Å². The van der Waals surface area contributed by atoms with Gasteiger partial charge in [-0.3, -0.25) is 4.79 Å². The normalized spacial score (nSPS) is 41.8. The summed E-state index contributed by atoms with van der Waals surface area (Å²) in [6.07, 6.45) is 0.471. The first-order chi connectivity index (χ1) is 8.06. The molecule has 3 N–H and O–H groups in total. The Hall–Kier alpha value is -0.650. The van der Waals surface area contributed by atoms with E-state index in [9.17, 15) is 20.1 Å². The molecule has 98 valence electrons. The minimum Gasteiger partial charge on any atom is -0.391 e. The van der Waals surface area contributed by atoms with Crippen LogP contribution >= 0.6 is 0 Å². The number of unbranched alkanes of at least 4 members (excludes halogenated alkanes) is 1. The van der Waals surface area contributed by atoms with Crippen LogP contribution in [0.25, 0.3) is 0 Å². The van der Waals surface area contributed by atoms with E-state index in [1.54, 1.807) is 0 Å². The summed E-state index contributed by atoms with van der Waals surface area (Å²) in [6.45, 7) is 2.21. The van der Waals surface area contributed by atoms with E-state index in [1.165, 1.54) is 4.90 Å². The molecule has 2 saturated heterocycles. The number of hydrogen-bond acceptors (Lipinski definition) is 4. The molecular formula is C12H21NO4. The largest absolute Gasteiger partial charge is 0.391 e. The van der Waals surface area contributed by atoms with Crippen LogP contribution in [0, 0.1) is 5.92 Å². The molecule has 1 amide bonds. The van der Waals surface area contributed by atoms with E-state index in [4.69, 9.17) is 0 Å². The molecule has 2 aliphatic heterocycles. The third-order valence-corrected chi connectivity index (χ3v) is 4.01. The van der Waals surface area contributed by atoms with Crippen LogP contribution in [0.3, 0.4) is 0 Å². The lowest BCUT2D eigenvalue weighted by Crippen LogP contribution is -2.55. The van der Waals surface area contributed by atoms with E-state index in [0.717, 1.165) is 19.3 Å². The van der Waals surface area contributed by atoms with Gasteiger partial charge in [0, 0.05) is 13.0 Å². The third-order valence-electron chi connectivity index (χ3n) is 4.01. The zero-order valence-electron chi connectivity index (χ0n) is 10.1. The van der Waals surface area contributed by atoms with Crippen LogP contribution in [0.1, 0.15) is 32.6 Å². The Morgan fingerprint density at radius 2 is 2.00 bits per heavy atom. The molecular weight excluding hydrogens is 222 g/mol. The minimum atomic E-state index is -1.02. The van der Waals surface area contributed by atoms with Crippen molar-refractivity contribution >= 4 is 5.91 Å². The Bertz CT molecular complexity index is 296. The van der Waals surface area contributed by atoms with Crippen molar-refractivity contribution in [2.24, 2.45) is 5.92 Å². The standard InChI is InChI=1S/C12H21NO4/c1-2-3-4-7-5-9(15)13-6-8(14)12(17)10(13)11(7)16/h7-8,10-12,14,16-17H,2-6H2,1H3/t7-,8-,10-,11-,12-/m1/s1. The lowest BCUT2D eigenvalue weighted by molar-refractivity contribution is -0.147. The predicted molar refractivity (Wildman–Crippen MR) is 61.2 cm³/mol. The molecule has 2 rings (SSSR count). The first kappa shape index (κ1) is 12.8. The van der Waals surface area contributed by atoms with Crippen molar-refractivity contribution in [3.8, 4) is 0 Å². The Kier molecular flexibility index (Phi) is 3.70. The van der Waals surface area contributed by atoms with E-state index in [-0.39, 0.29) is 18.4 Å². The average Bonchev–Trinajstić information content (AvgIpc) is 2.60. The fourth-order valence-electron chi connectivity index (χ4n) is 2.98. The summed E-state index contributed by atoms with van der Waals surface area (Å²) >= 11 is 0. The summed E-state index contributed by atoms with van der Waals surface area (Å²) in [5.41, 5.74) is 0. The number of amides is 1. The Labute approximate surface area is 101 Å². The number of piperidine rings is 1. The summed E-state index contributed by atoms with van der Waals surface area (Å²) in [4.78, 5) is 13.3. The molecule has 5 atom stereocenters. The number of nitrogens with zero attached hydrogens (tertiary/aromatic N) is 1. The highest BCUT2D eigenvalue weighted by Gasteiger charge is 2.51. The summed E-state index contributed by atoms with van der Waals surface area (Å²) in [7, 11) is 0. The van der Waals surface area contributed by atoms with Crippen molar-refractivity contribution in [1.82, 2.24) is 4.90 Å². The molecule has 0 unspecified atom stereocenters. The van der Waals surface area contributed by atoms with E-state index < -0.39 is 24.4 Å². The predicted octanol–water partition coefficient (Wildman–Crippen LogP) is -0.510. The summed E-state index contributed by atoms with van der Waals surface area (Å²) in [5, 5.41) is 29.6. The molecule has 0 saturated carbocycles. The molecule has 2 fully saturated rings. The first-order valence-electron chi connectivity index (χ1n) is 6.40. The van der Waals surface area contributed by atoms with Crippen LogP contribution in [-0.4, -0.2) is 57.0 Å². The third kappa shape index (κ3) is 2.19. The van der Waals surface area contributed by atoms with E-state index in [0.29, 0.717) is 6.42 Å². The molecule has 5 heteroatoms. The highest BCUT2D eigenvalue weighted by molar-refractivity contribution is 5.78. The summed E-state index contributed by atoms with van der Waals surface area (Å²) < 4.78 is 0. The van der Waals surface area contributed by atoms with Gasteiger partial charge >= 0.3 is 0 Å². The highest BCUT2D eigenvalue weighted by atomic mass is 16.3. The zero-order valence-corrected chi connectivity index (χ0v) is 10.1. The van der Waals surface area contributed by atoms with Crippen molar-refractivity contribution < 1.29 is 20.1 Å². The molecule has 2 aliphatic rings. The number of carbonyl (C=O) groups excluding carboxylic acids is 1. The molecule has 0 aliphatic carbocycles. The van der Waals surface area contributed by atoms with Gasteiger partial charge in [0.05, 0.1) is 18.2 Å². The number of rotatable bonds is 3. The molecule has 17 heavy (non-hydrogen) atoms. The fraction of sp³-hybridized carbons (Fsp3) is 0.917. The van der Waals surface area contributed by atoms with Gasteiger partial charge in [-0.05, 0) is 12.3 Å². The van der Waals surface area contributed by atoms with Crippen LogP contribution < -0.4 is 0 Å². The molecule has 0 spiro atoms. The van der Waals surface area contributed by atoms with Gasteiger partial charge in [-0.1, -0.05) is 19.8 Å². The topological polar surface area (TPSA) is 81.0 Å². The van der Waals surface area contributed by atoms with Gasteiger partial charge in [0.2, 0.25) is 5.91 Å². The Morgan fingerprint density at radius 1 is 1.29 bits per heavy atom. The van der Waals surface area contributed by atoms with E-state index in [1.807, 2.05) is 0 Å². The van der Waals surface area contributed by atoms with Crippen LogP contribution in [0.2, 0.25) is 0 Å². The molecule has 0 bridgehead atoms. The summed E-state index contributed by atoms with van der Waals surface area (Å²) in [5.74, 6) is -0.138. The molecule has 0 aromatic rings. The molecule has 5 nitrogen and oxygen atoms in total. The average molecular weight is 243 g/mol. The van der Waals surface area contributed by atoms with E-state index >= 15 is 0 Å². The van der Waals surface area contributed by atoms with E-state index in [2.05, 4.69) is 6.92 Å².